The van der Waals surface area contributed by atoms with Crippen LogP contribution in [0.1, 0.15) is 31.7 Å². The van der Waals surface area contributed by atoms with Crippen molar-refractivity contribution in [1.82, 2.24) is 10.2 Å². The van der Waals surface area contributed by atoms with Gasteiger partial charge in [-0.25, -0.2) is 0 Å². The van der Waals surface area contributed by atoms with Gasteiger partial charge >= 0.3 is 0 Å². The van der Waals surface area contributed by atoms with Gasteiger partial charge in [0.25, 0.3) is 0 Å². The Morgan fingerprint density at radius 3 is 2.58 bits per heavy atom. The fraction of sp³-hybridized carbons (Fsp3) is 0.647. The largest absolute Gasteiger partial charge is 0.316 e. The molecule has 1 unspecified atom stereocenters. The third-order valence-corrected chi connectivity index (χ3v) is 5.40. The van der Waals surface area contributed by atoms with Crippen LogP contribution in [-0.2, 0) is 6.54 Å². The van der Waals surface area contributed by atoms with Crippen molar-refractivity contribution in [3.05, 3.63) is 35.9 Å². The Morgan fingerprint density at radius 2 is 1.89 bits per heavy atom. The fourth-order valence-corrected chi connectivity index (χ4v) is 3.86. The Morgan fingerprint density at radius 1 is 1.16 bits per heavy atom. The van der Waals surface area contributed by atoms with Crippen LogP contribution in [0.4, 0.5) is 0 Å². The van der Waals surface area contributed by atoms with Crippen LogP contribution in [0.2, 0.25) is 0 Å². The predicted molar refractivity (Wildman–Crippen MR) is 80.0 cm³/mol. The summed E-state index contributed by atoms with van der Waals surface area (Å²) in [7, 11) is 0. The summed E-state index contributed by atoms with van der Waals surface area (Å²) in [5.74, 6) is 0.847. The molecule has 104 valence electrons. The van der Waals surface area contributed by atoms with Crippen LogP contribution in [0.25, 0.3) is 0 Å². The van der Waals surface area contributed by atoms with E-state index < -0.39 is 0 Å². The zero-order valence-electron chi connectivity index (χ0n) is 12.1. The van der Waals surface area contributed by atoms with Crippen molar-refractivity contribution in [3.8, 4) is 0 Å². The molecule has 1 spiro atoms. The summed E-state index contributed by atoms with van der Waals surface area (Å²) in [6.07, 6.45) is 4.17. The summed E-state index contributed by atoms with van der Waals surface area (Å²) >= 11 is 0. The minimum Gasteiger partial charge on any atom is -0.316 e. The van der Waals surface area contributed by atoms with Crippen molar-refractivity contribution in [2.24, 2.45) is 11.3 Å². The number of piperidine rings is 2. The van der Waals surface area contributed by atoms with Crippen LogP contribution in [0.15, 0.2) is 30.3 Å². The predicted octanol–water partition coefficient (Wildman–Crippen LogP) is 2.90. The van der Waals surface area contributed by atoms with Crippen molar-refractivity contribution in [2.45, 2.75) is 32.7 Å². The fourth-order valence-electron chi connectivity index (χ4n) is 3.86. The van der Waals surface area contributed by atoms with E-state index in [-0.39, 0.29) is 0 Å². The topological polar surface area (TPSA) is 15.3 Å². The molecule has 0 radical (unpaired) electrons. The normalized spacial score (nSPS) is 27.5. The molecule has 0 bridgehead atoms. The van der Waals surface area contributed by atoms with E-state index in [0.717, 1.165) is 12.5 Å². The number of likely N-dealkylation sites (tertiary alicyclic amines) is 1. The smallest absolute Gasteiger partial charge is 0.0233 e. The lowest BCUT2D eigenvalue weighted by Gasteiger charge is -2.48. The summed E-state index contributed by atoms with van der Waals surface area (Å²) < 4.78 is 0. The standard InChI is InChI=1S/C17H26N2/c1-15-13-18-10-7-17(15)8-11-19(12-9-17)14-16-5-3-2-4-6-16/h2-6,15,18H,7-14H2,1H3. The van der Waals surface area contributed by atoms with Crippen molar-refractivity contribution in [2.75, 3.05) is 26.2 Å². The molecule has 0 amide bonds. The lowest BCUT2D eigenvalue weighted by atomic mass is 9.65. The van der Waals surface area contributed by atoms with E-state index in [9.17, 15) is 0 Å². The molecule has 1 atom stereocenters. The first kappa shape index (κ1) is 13.1. The van der Waals surface area contributed by atoms with Crippen LogP contribution in [0.3, 0.4) is 0 Å². The highest BCUT2D eigenvalue weighted by molar-refractivity contribution is 5.14. The minimum atomic E-state index is 0.637. The number of hydrogen-bond donors (Lipinski definition) is 1. The van der Waals surface area contributed by atoms with Gasteiger partial charge in [-0.3, -0.25) is 4.90 Å². The Kier molecular flexibility index (Phi) is 3.90. The molecule has 2 nitrogen and oxygen atoms in total. The highest BCUT2D eigenvalue weighted by Crippen LogP contribution is 2.43. The van der Waals surface area contributed by atoms with Crippen LogP contribution in [0, 0.1) is 11.3 Å². The van der Waals surface area contributed by atoms with Crippen LogP contribution in [-0.4, -0.2) is 31.1 Å². The highest BCUT2D eigenvalue weighted by Gasteiger charge is 2.40. The van der Waals surface area contributed by atoms with Crippen molar-refractivity contribution in [3.63, 3.8) is 0 Å². The second-order valence-corrected chi connectivity index (χ2v) is 6.48. The quantitative estimate of drug-likeness (QED) is 0.877. The molecule has 0 aliphatic carbocycles. The molecule has 2 saturated heterocycles. The van der Waals surface area contributed by atoms with Gasteiger partial charge in [0.1, 0.15) is 0 Å². The molecule has 2 aliphatic rings. The van der Waals surface area contributed by atoms with Gasteiger partial charge in [-0.1, -0.05) is 37.3 Å². The van der Waals surface area contributed by atoms with Gasteiger partial charge in [0.15, 0.2) is 0 Å². The molecular weight excluding hydrogens is 232 g/mol. The van der Waals surface area contributed by atoms with Gasteiger partial charge in [-0.15, -0.1) is 0 Å². The lowest BCUT2D eigenvalue weighted by molar-refractivity contribution is 0.0274. The first-order valence-corrected chi connectivity index (χ1v) is 7.75. The molecule has 0 aromatic heterocycles. The van der Waals surface area contributed by atoms with Crippen molar-refractivity contribution in [1.29, 1.82) is 0 Å². The first-order valence-electron chi connectivity index (χ1n) is 7.75. The molecule has 1 aromatic rings. The Labute approximate surface area is 117 Å². The maximum absolute atomic E-state index is 3.54. The molecule has 1 N–H and O–H groups in total. The van der Waals surface area contributed by atoms with E-state index in [1.54, 1.807) is 0 Å². The molecule has 0 saturated carbocycles. The SMILES string of the molecule is CC1CNCCC12CCN(Cc1ccccc1)CC2. The maximum atomic E-state index is 3.54. The second kappa shape index (κ2) is 5.64. The molecule has 2 heterocycles. The van der Waals surface area contributed by atoms with Crippen molar-refractivity contribution < 1.29 is 0 Å². The molecule has 1 aromatic carbocycles. The average molecular weight is 258 g/mol. The Bertz CT molecular complexity index is 393. The van der Waals surface area contributed by atoms with Gasteiger partial charge < -0.3 is 5.32 Å². The first-order chi connectivity index (χ1) is 9.28. The minimum absolute atomic E-state index is 0.637. The van der Waals surface area contributed by atoms with Gasteiger partial charge in [-0.2, -0.15) is 0 Å². The van der Waals surface area contributed by atoms with Gasteiger partial charge in [0.2, 0.25) is 0 Å². The zero-order chi connectivity index (χ0) is 13.1. The summed E-state index contributed by atoms with van der Waals surface area (Å²) in [4.78, 5) is 2.63. The number of nitrogens with one attached hydrogen (secondary N) is 1. The second-order valence-electron chi connectivity index (χ2n) is 6.48. The summed E-state index contributed by atoms with van der Waals surface area (Å²) in [5.41, 5.74) is 2.09. The van der Waals surface area contributed by atoms with Crippen molar-refractivity contribution >= 4 is 0 Å². The molecule has 19 heavy (non-hydrogen) atoms. The van der Waals surface area contributed by atoms with E-state index in [4.69, 9.17) is 0 Å². The number of hydrogen-bond acceptors (Lipinski definition) is 2. The lowest BCUT2D eigenvalue weighted by Crippen LogP contribution is -2.50. The van der Waals surface area contributed by atoms with Gasteiger partial charge in [0.05, 0.1) is 0 Å². The summed E-state index contributed by atoms with van der Waals surface area (Å²) in [5, 5.41) is 3.54. The monoisotopic (exact) mass is 258 g/mol. The third kappa shape index (κ3) is 2.85. The molecule has 3 rings (SSSR count). The zero-order valence-corrected chi connectivity index (χ0v) is 12.1. The Hall–Kier alpha value is -0.860. The highest BCUT2D eigenvalue weighted by atomic mass is 15.1. The van der Waals surface area contributed by atoms with Crippen LogP contribution < -0.4 is 5.32 Å². The molecular formula is C17H26N2. The van der Waals surface area contributed by atoms with Gasteiger partial charge in [-0.05, 0) is 62.3 Å². The van der Waals surface area contributed by atoms with E-state index in [1.807, 2.05) is 0 Å². The molecule has 2 heteroatoms. The number of nitrogens with zero attached hydrogens (tertiary/aromatic N) is 1. The van der Waals surface area contributed by atoms with E-state index in [2.05, 4.69) is 47.5 Å². The number of rotatable bonds is 2. The average Bonchev–Trinajstić information content (AvgIpc) is 2.46. The Balaban J connectivity index is 1.57. The molecule has 2 aliphatic heterocycles. The molecule has 2 fully saturated rings. The van der Waals surface area contributed by atoms with Crippen LogP contribution >= 0.6 is 0 Å². The van der Waals surface area contributed by atoms with Crippen LogP contribution in [0.5, 0.6) is 0 Å². The van der Waals surface area contributed by atoms with E-state index in [1.165, 1.54) is 51.0 Å². The number of benzene rings is 1. The van der Waals surface area contributed by atoms with E-state index in [0.29, 0.717) is 5.41 Å². The maximum Gasteiger partial charge on any atom is 0.0233 e. The van der Waals surface area contributed by atoms with Gasteiger partial charge in [0, 0.05) is 6.54 Å². The van der Waals surface area contributed by atoms with E-state index >= 15 is 0 Å². The summed E-state index contributed by atoms with van der Waals surface area (Å²) in [6, 6.07) is 10.9. The summed E-state index contributed by atoms with van der Waals surface area (Å²) in [6.45, 7) is 8.57. The third-order valence-electron chi connectivity index (χ3n) is 5.40.